The summed E-state index contributed by atoms with van der Waals surface area (Å²) in [6, 6.07) is 2.56. The van der Waals surface area contributed by atoms with Crippen molar-refractivity contribution in [2.75, 3.05) is 34.0 Å². The number of ether oxygens (including phenoxy) is 3. The average molecular weight is 311 g/mol. The first-order chi connectivity index (χ1) is 10.3. The lowest BCUT2D eigenvalue weighted by atomic mass is 9.77. The molecule has 0 amide bonds. The first kappa shape index (κ1) is 15.3. The van der Waals surface area contributed by atoms with Gasteiger partial charge < -0.3 is 19.5 Å². The van der Waals surface area contributed by atoms with E-state index in [9.17, 15) is 0 Å². The van der Waals surface area contributed by atoms with Gasteiger partial charge >= 0.3 is 0 Å². The van der Waals surface area contributed by atoms with Crippen molar-refractivity contribution in [1.82, 2.24) is 5.32 Å². The molecule has 4 nitrogen and oxygen atoms in total. The Bertz CT molecular complexity index is 451. The minimum absolute atomic E-state index is 0.0532. The van der Waals surface area contributed by atoms with Crippen LogP contribution in [0.1, 0.15) is 36.6 Å². The number of thiophene rings is 1. The Morgan fingerprint density at radius 2 is 2.19 bits per heavy atom. The Morgan fingerprint density at radius 3 is 2.86 bits per heavy atom. The van der Waals surface area contributed by atoms with Crippen LogP contribution in [0.15, 0.2) is 11.4 Å². The van der Waals surface area contributed by atoms with Crippen molar-refractivity contribution in [3.8, 4) is 5.75 Å². The molecule has 1 aromatic heterocycles. The lowest BCUT2D eigenvalue weighted by Gasteiger charge is -2.45. The van der Waals surface area contributed by atoms with Crippen LogP contribution >= 0.6 is 11.3 Å². The minimum Gasteiger partial charge on any atom is -0.496 e. The van der Waals surface area contributed by atoms with Crippen LogP contribution in [0.2, 0.25) is 0 Å². The van der Waals surface area contributed by atoms with Gasteiger partial charge in [-0.3, -0.25) is 0 Å². The Balaban J connectivity index is 1.73. The smallest absolute Gasteiger partial charge is 0.129 e. The molecule has 0 bridgehead atoms. The number of hydrogen-bond acceptors (Lipinski definition) is 5. The lowest BCUT2D eigenvalue weighted by molar-refractivity contribution is -0.150. The van der Waals surface area contributed by atoms with Gasteiger partial charge in [0.15, 0.2) is 0 Å². The molecule has 0 aliphatic carbocycles. The summed E-state index contributed by atoms with van der Waals surface area (Å²) in [5.41, 5.74) is 0.0532. The van der Waals surface area contributed by atoms with Gasteiger partial charge in [-0.1, -0.05) is 0 Å². The third kappa shape index (κ3) is 3.26. The predicted octanol–water partition coefficient (Wildman–Crippen LogP) is 2.99. The summed E-state index contributed by atoms with van der Waals surface area (Å²) >= 11 is 1.78. The molecule has 3 rings (SSSR count). The van der Waals surface area contributed by atoms with E-state index in [2.05, 4.69) is 23.8 Å². The van der Waals surface area contributed by atoms with E-state index in [0.717, 1.165) is 51.3 Å². The van der Waals surface area contributed by atoms with E-state index in [1.807, 2.05) is 0 Å². The number of methoxy groups -OCH3 is 1. The number of hydrogen-bond donors (Lipinski definition) is 1. The van der Waals surface area contributed by atoms with Crippen LogP contribution in [0.5, 0.6) is 5.75 Å². The van der Waals surface area contributed by atoms with Gasteiger partial charge in [-0.15, -0.1) is 11.3 Å². The molecule has 1 spiro atoms. The zero-order valence-electron chi connectivity index (χ0n) is 12.9. The molecule has 118 valence electrons. The maximum atomic E-state index is 6.16. The maximum absolute atomic E-state index is 6.16. The Kier molecular flexibility index (Phi) is 4.84. The quantitative estimate of drug-likeness (QED) is 0.928. The summed E-state index contributed by atoms with van der Waals surface area (Å²) in [5.74, 6) is 1.58. The second-order valence-corrected chi connectivity index (χ2v) is 6.99. The average Bonchev–Trinajstić information content (AvgIpc) is 2.98. The largest absolute Gasteiger partial charge is 0.496 e. The van der Waals surface area contributed by atoms with Crippen LogP contribution in [0, 0.1) is 5.92 Å². The Labute approximate surface area is 130 Å². The van der Waals surface area contributed by atoms with E-state index >= 15 is 0 Å². The van der Waals surface area contributed by atoms with Crippen LogP contribution in [0.25, 0.3) is 0 Å². The van der Waals surface area contributed by atoms with Crippen molar-refractivity contribution in [2.45, 2.75) is 37.3 Å². The zero-order valence-corrected chi connectivity index (χ0v) is 13.7. The highest BCUT2D eigenvalue weighted by Gasteiger charge is 2.41. The normalized spacial score (nSPS) is 26.7. The first-order valence-corrected chi connectivity index (χ1v) is 8.66. The zero-order chi connectivity index (χ0) is 14.7. The van der Waals surface area contributed by atoms with Crippen LogP contribution < -0.4 is 10.1 Å². The Morgan fingerprint density at radius 1 is 1.38 bits per heavy atom. The molecule has 3 heterocycles. The summed E-state index contributed by atoms with van der Waals surface area (Å²) in [5, 5.41) is 5.60. The van der Waals surface area contributed by atoms with Crippen molar-refractivity contribution >= 4 is 11.3 Å². The Hall–Kier alpha value is -0.620. The van der Waals surface area contributed by atoms with Gasteiger partial charge in [-0.2, -0.15) is 0 Å². The SMILES string of the molecule is CNC(c1cc(OC)cs1)C1CCOC2(CCOCC2)C1. The third-order valence-electron chi connectivity index (χ3n) is 4.86. The fourth-order valence-corrected chi connectivity index (χ4v) is 4.71. The van der Waals surface area contributed by atoms with Crippen LogP contribution in [-0.2, 0) is 9.47 Å². The second kappa shape index (κ2) is 6.65. The van der Waals surface area contributed by atoms with Crippen molar-refractivity contribution < 1.29 is 14.2 Å². The maximum Gasteiger partial charge on any atom is 0.129 e. The lowest BCUT2D eigenvalue weighted by Crippen LogP contribution is -2.46. The highest BCUT2D eigenvalue weighted by molar-refractivity contribution is 7.10. The van der Waals surface area contributed by atoms with Crippen molar-refractivity contribution in [3.63, 3.8) is 0 Å². The van der Waals surface area contributed by atoms with Crippen molar-refractivity contribution in [1.29, 1.82) is 0 Å². The molecule has 2 atom stereocenters. The van der Waals surface area contributed by atoms with Crippen LogP contribution in [0.3, 0.4) is 0 Å². The summed E-state index contributed by atoms with van der Waals surface area (Å²) < 4.78 is 17.0. The van der Waals surface area contributed by atoms with Gasteiger partial charge in [0.1, 0.15) is 5.75 Å². The van der Waals surface area contributed by atoms with E-state index in [-0.39, 0.29) is 5.60 Å². The molecule has 1 aromatic rings. The summed E-state index contributed by atoms with van der Waals surface area (Å²) in [4.78, 5) is 1.36. The topological polar surface area (TPSA) is 39.7 Å². The predicted molar refractivity (Wildman–Crippen MR) is 84.1 cm³/mol. The van der Waals surface area contributed by atoms with Crippen molar-refractivity contribution in [3.05, 3.63) is 16.3 Å². The molecule has 2 aliphatic rings. The summed E-state index contributed by atoms with van der Waals surface area (Å²) in [6.07, 6.45) is 4.32. The molecule has 1 N–H and O–H groups in total. The van der Waals surface area contributed by atoms with Crippen molar-refractivity contribution in [2.24, 2.45) is 5.92 Å². The second-order valence-electron chi connectivity index (χ2n) is 6.05. The summed E-state index contributed by atoms with van der Waals surface area (Å²) in [6.45, 7) is 2.54. The fraction of sp³-hybridized carbons (Fsp3) is 0.750. The van der Waals surface area contributed by atoms with Gasteiger partial charge in [0, 0.05) is 36.1 Å². The van der Waals surface area contributed by atoms with Gasteiger partial charge in [0.2, 0.25) is 0 Å². The van der Waals surface area contributed by atoms with Crippen LogP contribution in [-0.4, -0.2) is 39.6 Å². The van der Waals surface area contributed by atoms with E-state index in [0.29, 0.717) is 12.0 Å². The molecular weight excluding hydrogens is 286 g/mol. The molecule has 2 unspecified atom stereocenters. The van der Waals surface area contributed by atoms with E-state index in [1.54, 1.807) is 18.4 Å². The molecule has 21 heavy (non-hydrogen) atoms. The minimum atomic E-state index is 0.0532. The van der Waals surface area contributed by atoms with E-state index in [1.165, 1.54) is 4.88 Å². The van der Waals surface area contributed by atoms with Gasteiger partial charge in [-0.25, -0.2) is 0 Å². The standard InChI is InChI=1S/C16H25NO3S/c1-17-15(14-9-13(18-2)11-21-14)12-3-6-20-16(10-12)4-7-19-8-5-16/h9,11-12,15,17H,3-8,10H2,1-2H3. The van der Waals surface area contributed by atoms with Crippen LogP contribution in [0.4, 0.5) is 0 Å². The molecule has 2 saturated heterocycles. The molecule has 2 fully saturated rings. The first-order valence-electron chi connectivity index (χ1n) is 7.78. The monoisotopic (exact) mass is 311 g/mol. The molecule has 0 saturated carbocycles. The summed E-state index contributed by atoms with van der Waals surface area (Å²) in [7, 11) is 3.79. The molecular formula is C16H25NO3S. The van der Waals surface area contributed by atoms with Gasteiger partial charge in [0.25, 0.3) is 0 Å². The molecule has 5 heteroatoms. The number of rotatable bonds is 4. The third-order valence-corrected chi connectivity index (χ3v) is 5.85. The highest BCUT2D eigenvalue weighted by Crippen LogP contribution is 2.43. The van der Waals surface area contributed by atoms with Gasteiger partial charge in [-0.05, 0) is 44.7 Å². The highest BCUT2D eigenvalue weighted by atomic mass is 32.1. The van der Waals surface area contributed by atoms with E-state index in [4.69, 9.17) is 14.2 Å². The van der Waals surface area contributed by atoms with Gasteiger partial charge in [0.05, 0.1) is 12.7 Å². The van der Waals surface area contributed by atoms with E-state index < -0.39 is 0 Å². The molecule has 0 aromatic carbocycles. The molecule has 0 radical (unpaired) electrons. The number of nitrogens with one attached hydrogen (secondary N) is 1. The molecule has 2 aliphatic heterocycles. The fourth-order valence-electron chi connectivity index (χ4n) is 3.66.